The average molecular weight is 265 g/mol. The predicted octanol–water partition coefficient (Wildman–Crippen LogP) is 2.31. The SMILES string of the molecule is CC1CC(C)CC(Oc2nccnc2C(N)=S)C1. The molecule has 0 bridgehead atoms. The third kappa shape index (κ3) is 3.16. The van der Waals surface area contributed by atoms with Crippen molar-refractivity contribution in [2.24, 2.45) is 17.6 Å². The molecule has 1 aliphatic rings. The predicted molar refractivity (Wildman–Crippen MR) is 74.5 cm³/mol. The maximum Gasteiger partial charge on any atom is 0.243 e. The summed E-state index contributed by atoms with van der Waals surface area (Å²) in [6.45, 7) is 4.52. The zero-order chi connectivity index (χ0) is 13.1. The molecule has 1 aliphatic carbocycles. The van der Waals surface area contributed by atoms with E-state index in [1.807, 2.05) is 0 Å². The summed E-state index contributed by atoms with van der Waals surface area (Å²) < 4.78 is 5.95. The van der Waals surface area contributed by atoms with Gasteiger partial charge in [-0.05, 0) is 31.1 Å². The van der Waals surface area contributed by atoms with Gasteiger partial charge in [-0.2, -0.15) is 0 Å². The number of nitrogens with zero attached hydrogens (tertiary/aromatic N) is 2. The fourth-order valence-electron chi connectivity index (χ4n) is 2.71. The van der Waals surface area contributed by atoms with Crippen LogP contribution >= 0.6 is 12.2 Å². The minimum absolute atomic E-state index is 0.188. The van der Waals surface area contributed by atoms with E-state index in [2.05, 4.69) is 23.8 Å². The number of nitrogens with two attached hydrogens (primary N) is 1. The van der Waals surface area contributed by atoms with Crippen molar-refractivity contribution in [1.29, 1.82) is 0 Å². The van der Waals surface area contributed by atoms with Crippen molar-refractivity contribution in [2.75, 3.05) is 0 Å². The summed E-state index contributed by atoms with van der Waals surface area (Å²) in [4.78, 5) is 8.55. The van der Waals surface area contributed by atoms with Gasteiger partial charge in [-0.25, -0.2) is 9.97 Å². The Bertz CT molecular complexity index is 428. The zero-order valence-corrected chi connectivity index (χ0v) is 11.6. The highest BCUT2D eigenvalue weighted by atomic mass is 32.1. The van der Waals surface area contributed by atoms with Gasteiger partial charge in [0.25, 0.3) is 0 Å². The molecule has 2 unspecified atom stereocenters. The molecule has 0 aromatic carbocycles. The Morgan fingerprint density at radius 1 is 1.22 bits per heavy atom. The standard InChI is InChI=1S/C13H19N3OS/c1-8-5-9(2)7-10(6-8)17-13-11(12(14)18)15-3-4-16-13/h3-4,8-10H,5-7H2,1-2H3,(H2,14,18). The minimum atomic E-state index is 0.188. The quantitative estimate of drug-likeness (QED) is 0.850. The van der Waals surface area contributed by atoms with Crippen LogP contribution in [0.15, 0.2) is 12.4 Å². The third-order valence-electron chi connectivity index (χ3n) is 3.31. The van der Waals surface area contributed by atoms with Gasteiger partial charge in [0.2, 0.25) is 5.88 Å². The first-order valence-electron chi connectivity index (χ1n) is 6.33. The molecule has 1 aromatic rings. The summed E-state index contributed by atoms with van der Waals surface area (Å²) in [6, 6.07) is 0. The van der Waals surface area contributed by atoms with Gasteiger partial charge in [-0.1, -0.05) is 26.1 Å². The molecule has 4 nitrogen and oxygen atoms in total. The topological polar surface area (TPSA) is 61.0 Å². The van der Waals surface area contributed by atoms with Gasteiger partial charge in [0.15, 0.2) is 5.69 Å². The van der Waals surface area contributed by atoms with Crippen LogP contribution in [0.25, 0.3) is 0 Å². The monoisotopic (exact) mass is 265 g/mol. The van der Waals surface area contributed by atoms with E-state index in [0.29, 0.717) is 23.4 Å². The molecule has 0 radical (unpaired) electrons. The molecular weight excluding hydrogens is 246 g/mol. The number of thiocarbonyl (C=S) groups is 1. The minimum Gasteiger partial charge on any atom is -0.473 e. The van der Waals surface area contributed by atoms with Crippen LogP contribution in [0, 0.1) is 11.8 Å². The first-order chi connectivity index (χ1) is 8.56. The van der Waals surface area contributed by atoms with Crippen molar-refractivity contribution in [2.45, 2.75) is 39.2 Å². The summed E-state index contributed by atoms with van der Waals surface area (Å²) in [5, 5.41) is 0. The van der Waals surface area contributed by atoms with Crippen LogP contribution in [0.4, 0.5) is 0 Å². The first kappa shape index (κ1) is 13.2. The van der Waals surface area contributed by atoms with Crippen molar-refractivity contribution in [3.05, 3.63) is 18.1 Å². The molecule has 1 saturated carbocycles. The molecule has 2 rings (SSSR count). The van der Waals surface area contributed by atoms with Crippen molar-refractivity contribution in [1.82, 2.24) is 9.97 Å². The maximum absolute atomic E-state index is 5.95. The highest BCUT2D eigenvalue weighted by Crippen LogP contribution is 2.31. The molecule has 18 heavy (non-hydrogen) atoms. The van der Waals surface area contributed by atoms with Crippen LogP contribution in [0.1, 0.15) is 38.8 Å². The fraction of sp³-hybridized carbons (Fsp3) is 0.615. The van der Waals surface area contributed by atoms with E-state index in [9.17, 15) is 0 Å². The van der Waals surface area contributed by atoms with Gasteiger partial charge in [0, 0.05) is 12.4 Å². The maximum atomic E-state index is 5.95. The van der Waals surface area contributed by atoms with E-state index in [1.54, 1.807) is 12.4 Å². The van der Waals surface area contributed by atoms with Crippen LogP contribution in [0.3, 0.4) is 0 Å². The smallest absolute Gasteiger partial charge is 0.243 e. The Morgan fingerprint density at radius 3 is 2.44 bits per heavy atom. The average Bonchev–Trinajstić information content (AvgIpc) is 2.27. The van der Waals surface area contributed by atoms with Gasteiger partial charge in [0.1, 0.15) is 11.1 Å². The molecule has 1 aromatic heterocycles. The number of ether oxygens (including phenoxy) is 1. The van der Waals surface area contributed by atoms with Gasteiger partial charge in [-0.3, -0.25) is 0 Å². The lowest BCUT2D eigenvalue weighted by molar-refractivity contribution is 0.0961. The molecule has 1 fully saturated rings. The normalized spacial score (nSPS) is 27.8. The lowest BCUT2D eigenvalue weighted by Gasteiger charge is -2.31. The molecular formula is C13H19N3OS. The molecule has 0 amide bonds. The van der Waals surface area contributed by atoms with Crippen molar-refractivity contribution in [3.63, 3.8) is 0 Å². The van der Waals surface area contributed by atoms with Crippen molar-refractivity contribution in [3.8, 4) is 5.88 Å². The van der Waals surface area contributed by atoms with Gasteiger partial charge < -0.3 is 10.5 Å². The second-order valence-corrected chi connectivity index (χ2v) is 5.67. The Morgan fingerprint density at radius 2 is 1.83 bits per heavy atom. The Labute approximate surface area is 113 Å². The number of aromatic nitrogens is 2. The lowest BCUT2D eigenvalue weighted by Crippen LogP contribution is -2.29. The Hall–Kier alpha value is -1.23. The molecule has 1 heterocycles. The third-order valence-corrected chi connectivity index (χ3v) is 3.50. The molecule has 0 spiro atoms. The summed E-state index contributed by atoms with van der Waals surface area (Å²) in [5.41, 5.74) is 6.11. The van der Waals surface area contributed by atoms with Gasteiger partial charge >= 0.3 is 0 Å². The largest absolute Gasteiger partial charge is 0.473 e. The van der Waals surface area contributed by atoms with E-state index < -0.39 is 0 Å². The second kappa shape index (κ2) is 5.61. The van der Waals surface area contributed by atoms with E-state index in [1.165, 1.54) is 6.42 Å². The Balaban J connectivity index is 2.11. The van der Waals surface area contributed by atoms with Crippen LogP contribution < -0.4 is 10.5 Å². The first-order valence-corrected chi connectivity index (χ1v) is 6.74. The van der Waals surface area contributed by atoms with Crippen molar-refractivity contribution < 1.29 is 4.74 Å². The highest BCUT2D eigenvalue weighted by molar-refractivity contribution is 7.80. The van der Waals surface area contributed by atoms with Crippen LogP contribution in [-0.4, -0.2) is 21.1 Å². The summed E-state index contributed by atoms with van der Waals surface area (Å²) >= 11 is 4.96. The number of rotatable bonds is 3. The van der Waals surface area contributed by atoms with E-state index in [4.69, 9.17) is 22.7 Å². The molecule has 0 aliphatic heterocycles. The number of hydrogen-bond acceptors (Lipinski definition) is 4. The summed E-state index contributed by atoms with van der Waals surface area (Å²) in [5.74, 6) is 1.84. The van der Waals surface area contributed by atoms with Gasteiger partial charge in [-0.15, -0.1) is 0 Å². The number of hydrogen-bond donors (Lipinski definition) is 1. The van der Waals surface area contributed by atoms with E-state index in [0.717, 1.165) is 12.8 Å². The lowest BCUT2D eigenvalue weighted by atomic mass is 9.82. The fourth-order valence-corrected chi connectivity index (χ4v) is 2.85. The molecule has 0 saturated heterocycles. The molecule has 2 N–H and O–H groups in total. The zero-order valence-electron chi connectivity index (χ0n) is 10.8. The van der Waals surface area contributed by atoms with Crippen LogP contribution in [0.2, 0.25) is 0 Å². The van der Waals surface area contributed by atoms with Crippen LogP contribution in [0.5, 0.6) is 5.88 Å². The van der Waals surface area contributed by atoms with Crippen molar-refractivity contribution >= 4 is 17.2 Å². The Kier molecular flexibility index (Phi) is 4.11. The highest BCUT2D eigenvalue weighted by Gasteiger charge is 2.26. The van der Waals surface area contributed by atoms with E-state index >= 15 is 0 Å². The summed E-state index contributed by atoms with van der Waals surface area (Å²) in [6.07, 6.45) is 6.74. The second-order valence-electron chi connectivity index (χ2n) is 5.23. The van der Waals surface area contributed by atoms with Gasteiger partial charge in [0.05, 0.1) is 0 Å². The molecule has 5 heteroatoms. The molecule has 2 atom stereocenters. The van der Waals surface area contributed by atoms with E-state index in [-0.39, 0.29) is 11.1 Å². The molecule has 98 valence electrons. The summed E-state index contributed by atoms with van der Waals surface area (Å²) in [7, 11) is 0. The van der Waals surface area contributed by atoms with Crippen LogP contribution in [-0.2, 0) is 0 Å².